The zero-order chi connectivity index (χ0) is 19.1. The molecule has 1 unspecified atom stereocenters. The zero-order valence-corrected chi connectivity index (χ0v) is 17.1. The number of carbonyl (C=O) groups excluding carboxylic acids is 1. The number of aromatic nitrogens is 3. The lowest BCUT2D eigenvalue weighted by atomic mass is 10.2. The van der Waals surface area contributed by atoms with Crippen LogP contribution in [0.2, 0.25) is 0 Å². The maximum atomic E-state index is 11.8. The van der Waals surface area contributed by atoms with Gasteiger partial charge in [0.25, 0.3) is 4.84 Å². The normalized spacial score (nSPS) is 22.6. The van der Waals surface area contributed by atoms with Gasteiger partial charge in [-0.2, -0.15) is 4.68 Å². The second-order valence-electron chi connectivity index (χ2n) is 7.46. The SMILES string of the molecule is O=C1CCCN1Cc1nn(C[NH+]2CCC[C@H]2c2nc3ccccc3s2)c(=S)o1. The highest BCUT2D eigenvalue weighted by Crippen LogP contribution is 2.28. The molecular formula is C19H22N5O2S2+. The highest BCUT2D eigenvalue weighted by atomic mass is 32.1. The summed E-state index contributed by atoms with van der Waals surface area (Å²) >= 11 is 7.17. The molecule has 4 heterocycles. The third-order valence-corrected chi connectivity index (χ3v) is 7.03. The van der Waals surface area contributed by atoms with Gasteiger partial charge in [0, 0.05) is 25.8 Å². The molecule has 1 aromatic carbocycles. The molecule has 146 valence electrons. The Kier molecular flexibility index (Phi) is 4.73. The molecule has 2 fully saturated rings. The van der Waals surface area contributed by atoms with Crippen molar-refractivity contribution in [2.24, 2.45) is 0 Å². The Labute approximate surface area is 171 Å². The molecule has 5 rings (SSSR count). The Hall–Kier alpha value is -2.10. The van der Waals surface area contributed by atoms with E-state index in [9.17, 15) is 4.79 Å². The van der Waals surface area contributed by atoms with Crippen molar-refractivity contribution in [2.75, 3.05) is 13.1 Å². The van der Waals surface area contributed by atoms with Gasteiger partial charge in [0.1, 0.15) is 6.04 Å². The summed E-state index contributed by atoms with van der Waals surface area (Å²) in [6.07, 6.45) is 3.80. The Morgan fingerprint density at radius 3 is 3.04 bits per heavy atom. The second-order valence-corrected chi connectivity index (χ2v) is 8.87. The van der Waals surface area contributed by atoms with Crippen LogP contribution in [0.25, 0.3) is 10.2 Å². The number of carbonyl (C=O) groups is 1. The molecule has 2 saturated heterocycles. The number of amides is 1. The lowest BCUT2D eigenvalue weighted by molar-refractivity contribution is -0.941. The lowest BCUT2D eigenvalue weighted by Gasteiger charge is -2.19. The first-order chi connectivity index (χ1) is 13.7. The van der Waals surface area contributed by atoms with E-state index in [2.05, 4.69) is 23.3 Å². The summed E-state index contributed by atoms with van der Waals surface area (Å²) in [5.74, 6) is 0.687. The highest BCUT2D eigenvalue weighted by molar-refractivity contribution is 7.71. The van der Waals surface area contributed by atoms with Gasteiger partial charge in [-0.1, -0.05) is 12.1 Å². The third kappa shape index (κ3) is 3.38. The van der Waals surface area contributed by atoms with Crippen LogP contribution in [-0.4, -0.2) is 38.7 Å². The van der Waals surface area contributed by atoms with E-state index >= 15 is 0 Å². The van der Waals surface area contributed by atoms with Crippen molar-refractivity contribution in [3.63, 3.8) is 0 Å². The van der Waals surface area contributed by atoms with E-state index < -0.39 is 0 Å². The van der Waals surface area contributed by atoms with Crippen LogP contribution >= 0.6 is 23.6 Å². The molecular weight excluding hydrogens is 394 g/mol. The van der Waals surface area contributed by atoms with E-state index in [1.807, 2.05) is 6.07 Å². The second kappa shape index (κ2) is 7.38. The first-order valence-electron chi connectivity index (χ1n) is 9.72. The highest BCUT2D eigenvalue weighted by Gasteiger charge is 2.33. The Bertz CT molecular complexity index is 1040. The average molecular weight is 417 g/mol. The van der Waals surface area contributed by atoms with Crippen LogP contribution in [0.1, 0.15) is 42.6 Å². The quantitative estimate of drug-likeness (QED) is 0.647. The third-order valence-electron chi connectivity index (χ3n) is 5.59. The molecule has 0 spiro atoms. The van der Waals surface area contributed by atoms with Crippen LogP contribution in [0.15, 0.2) is 28.7 Å². The molecule has 28 heavy (non-hydrogen) atoms. The molecule has 2 aliphatic heterocycles. The van der Waals surface area contributed by atoms with Gasteiger partial charge in [-0.15, -0.1) is 16.4 Å². The molecule has 7 nitrogen and oxygen atoms in total. The minimum Gasteiger partial charge on any atom is -0.412 e. The van der Waals surface area contributed by atoms with Crippen molar-refractivity contribution < 1.29 is 14.1 Å². The number of quaternary nitrogens is 1. The van der Waals surface area contributed by atoms with E-state index in [4.69, 9.17) is 21.6 Å². The average Bonchev–Trinajstić information content (AvgIpc) is 3.44. The van der Waals surface area contributed by atoms with Gasteiger partial charge in [-0.3, -0.25) is 4.79 Å². The van der Waals surface area contributed by atoms with Gasteiger partial charge in [0.05, 0.1) is 23.3 Å². The maximum Gasteiger partial charge on any atom is 0.291 e. The monoisotopic (exact) mass is 416 g/mol. The van der Waals surface area contributed by atoms with Crippen molar-refractivity contribution in [2.45, 2.75) is 44.9 Å². The molecule has 2 aromatic heterocycles. The molecule has 0 bridgehead atoms. The van der Waals surface area contributed by atoms with Gasteiger partial charge >= 0.3 is 0 Å². The smallest absolute Gasteiger partial charge is 0.291 e. The molecule has 2 aliphatic rings. The Morgan fingerprint density at radius 2 is 2.21 bits per heavy atom. The van der Waals surface area contributed by atoms with Crippen molar-refractivity contribution in [1.82, 2.24) is 19.7 Å². The predicted molar refractivity (Wildman–Crippen MR) is 107 cm³/mol. The topological polar surface area (TPSA) is 68.6 Å². The Morgan fingerprint density at radius 1 is 1.32 bits per heavy atom. The summed E-state index contributed by atoms with van der Waals surface area (Å²) < 4.78 is 8.68. The van der Waals surface area contributed by atoms with Crippen molar-refractivity contribution in [3.8, 4) is 0 Å². The summed E-state index contributed by atoms with van der Waals surface area (Å²) in [7, 11) is 0. The fraction of sp³-hybridized carbons (Fsp3) is 0.474. The number of nitrogens with one attached hydrogen (secondary N) is 1. The summed E-state index contributed by atoms with van der Waals surface area (Å²) in [5.41, 5.74) is 1.07. The zero-order valence-electron chi connectivity index (χ0n) is 15.5. The summed E-state index contributed by atoms with van der Waals surface area (Å²) in [6, 6.07) is 8.66. The fourth-order valence-corrected chi connectivity index (χ4v) is 5.54. The van der Waals surface area contributed by atoms with E-state index in [0.717, 1.165) is 37.9 Å². The van der Waals surface area contributed by atoms with Crippen LogP contribution < -0.4 is 4.90 Å². The van der Waals surface area contributed by atoms with Crippen LogP contribution in [0, 0.1) is 4.84 Å². The summed E-state index contributed by atoms with van der Waals surface area (Å²) in [4.78, 5) is 20.3. The number of para-hydroxylation sites is 1. The molecule has 1 N–H and O–H groups in total. The number of thiazole rings is 1. The van der Waals surface area contributed by atoms with Crippen molar-refractivity contribution >= 4 is 39.7 Å². The van der Waals surface area contributed by atoms with Gasteiger partial charge in [-0.25, -0.2) is 4.98 Å². The van der Waals surface area contributed by atoms with E-state index in [1.165, 1.54) is 14.6 Å². The molecule has 9 heteroatoms. The largest absolute Gasteiger partial charge is 0.412 e. The molecule has 0 aliphatic carbocycles. The fourth-order valence-electron chi connectivity index (χ4n) is 4.18. The molecule has 2 atom stereocenters. The minimum absolute atomic E-state index is 0.164. The van der Waals surface area contributed by atoms with Gasteiger partial charge < -0.3 is 14.2 Å². The summed E-state index contributed by atoms with van der Waals surface area (Å²) in [5, 5.41) is 5.74. The summed E-state index contributed by atoms with van der Waals surface area (Å²) in [6.45, 7) is 2.91. The van der Waals surface area contributed by atoms with Gasteiger partial charge in [0.15, 0.2) is 11.7 Å². The van der Waals surface area contributed by atoms with Gasteiger partial charge in [0.2, 0.25) is 11.8 Å². The number of likely N-dealkylation sites (tertiary alicyclic amines) is 2. The molecule has 0 saturated carbocycles. The standard InChI is InChI=1S/C19H21N5O2S2/c25-17-8-4-9-22(17)11-16-21-24(19(27)26-16)12-23-10-3-6-14(23)18-20-13-5-1-2-7-15(13)28-18/h1-2,5,7,14H,3-4,6,8-12H2/p+1/t14-/m0/s1. The van der Waals surface area contributed by atoms with E-state index in [0.29, 0.717) is 36.4 Å². The maximum absolute atomic E-state index is 11.8. The number of benzene rings is 1. The first-order valence-corrected chi connectivity index (χ1v) is 10.9. The predicted octanol–water partition coefficient (Wildman–Crippen LogP) is 2.32. The van der Waals surface area contributed by atoms with E-state index in [1.54, 1.807) is 20.9 Å². The number of fused-ring (bicyclic) bond motifs is 1. The number of nitrogens with zero attached hydrogens (tertiary/aromatic N) is 4. The number of hydrogen-bond acceptors (Lipinski definition) is 6. The lowest BCUT2D eigenvalue weighted by Crippen LogP contribution is -3.09. The number of rotatable bonds is 5. The minimum atomic E-state index is 0.164. The molecule has 3 aromatic rings. The Balaban J connectivity index is 1.33. The van der Waals surface area contributed by atoms with Crippen molar-refractivity contribution in [1.29, 1.82) is 0 Å². The van der Waals surface area contributed by atoms with Crippen LogP contribution in [-0.2, 0) is 18.0 Å². The van der Waals surface area contributed by atoms with Crippen LogP contribution in [0.5, 0.6) is 0 Å². The molecule has 1 amide bonds. The first kappa shape index (κ1) is 18.0. The van der Waals surface area contributed by atoms with Crippen LogP contribution in [0.3, 0.4) is 0 Å². The van der Waals surface area contributed by atoms with E-state index in [-0.39, 0.29) is 5.91 Å². The van der Waals surface area contributed by atoms with Crippen molar-refractivity contribution in [3.05, 3.63) is 40.0 Å². The number of hydrogen-bond donors (Lipinski definition) is 1. The molecule has 0 radical (unpaired) electrons. The van der Waals surface area contributed by atoms with Gasteiger partial charge in [-0.05, 0) is 30.8 Å². The van der Waals surface area contributed by atoms with Crippen LogP contribution in [0.4, 0.5) is 0 Å².